The average Bonchev–Trinajstić information content (AvgIpc) is 2.60. The van der Waals surface area contributed by atoms with Crippen molar-refractivity contribution in [3.05, 3.63) is 11.8 Å². The van der Waals surface area contributed by atoms with E-state index >= 15 is 0 Å². The summed E-state index contributed by atoms with van der Waals surface area (Å²) in [4.78, 5) is 33.9. The Morgan fingerprint density at radius 2 is 1.64 bits per heavy atom. The van der Waals surface area contributed by atoms with E-state index in [1.807, 2.05) is 0 Å². The molecule has 0 aromatic heterocycles. The van der Waals surface area contributed by atoms with E-state index in [1.54, 1.807) is 0 Å². The van der Waals surface area contributed by atoms with Crippen molar-refractivity contribution in [1.29, 1.82) is 0 Å². The lowest BCUT2D eigenvalue weighted by atomic mass is 10.1. The molecule has 3 atom stereocenters. The van der Waals surface area contributed by atoms with Crippen LogP contribution in [-0.2, 0) is 38.1 Å². The van der Waals surface area contributed by atoms with Gasteiger partial charge in [-0.2, -0.15) is 0 Å². The molecule has 1 rings (SSSR count). The molecule has 1 aliphatic heterocycles. The number of hydrogen-bond donors (Lipinski definition) is 0. The third-order valence-corrected chi connectivity index (χ3v) is 4.01. The number of esters is 3. The third kappa shape index (κ3) is 9.85. The maximum atomic E-state index is 11.4. The van der Waals surface area contributed by atoms with Crippen molar-refractivity contribution in [2.75, 3.05) is 13.2 Å². The highest BCUT2D eigenvalue weighted by atomic mass is 16.7. The molecular weight excluding hydrogens is 368 g/mol. The predicted molar refractivity (Wildman–Crippen MR) is 100 cm³/mol. The molecule has 1 aliphatic rings. The Morgan fingerprint density at radius 3 is 2.25 bits per heavy atom. The van der Waals surface area contributed by atoms with Gasteiger partial charge in [0.2, 0.25) is 6.29 Å². The third-order valence-electron chi connectivity index (χ3n) is 4.01. The van der Waals surface area contributed by atoms with Gasteiger partial charge in [-0.25, -0.2) is 0 Å². The van der Waals surface area contributed by atoms with Gasteiger partial charge >= 0.3 is 17.9 Å². The fraction of sp³-hybridized carbons (Fsp3) is 0.750. The summed E-state index contributed by atoms with van der Waals surface area (Å²) in [5.41, 5.74) is 0. The molecule has 0 aromatic carbocycles. The molecule has 8 nitrogen and oxygen atoms in total. The molecule has 0 aromatic rings. The van der Waals surface area contributed by atoms with Crippen LogP contribution in [0.2, 0.25) is 0 Å². The van der Waals surface area contributed by atoms with Gasteiger partial charge in [0.1, 0.15) is 12.7 Å². The summed E-state index contributed by atoms with van der Waals surface area (Å²) < 4.78 is 26.9. The molecule has 8 heteroatoms. The zero-order chi connectivity index (χ0) is 20.9. The smallest absolute Gasteiger partial charge is 0.307 e. The Labute approximate surface area is 166 Å². The quantitative estimate of drug-likeness (QED) is 0.280. The van der Waals surface area contributed by atoms with Gasteiger partial charge < -0.3 is 23.7 Å². The van der Waals surface area contributed by atoms with Crippen molar-refractivity contribution in [3.63, 3.8) is 0 Å². The molecule has 160 valence electrons. The number of carbonyl (C=O) groups excluding carboxylic acids is 3. The van der Waals surface area contributed by atoms with E-state index < -0.39 is 36.4 Å². The minimum atomic E-state index is -0.938. The zero-order valence-corrected chi connectivity index (χ0v) is 17.2. The van der Waals surface area contributed by atoms with Gasteiger partial charge in [0.15, 0.2) is 11.9 Å². The molecular formula is C20H32O8. The largest absolute Gasteiger partial charge is 0.463 e. The molecule has 0 spiro atoms. The lowest BCUT2D eigenvalue weighted by Gasteiger charge is -2.33. The van der Waals surface area contributed by atoms with Gasteiger partial charge in [-0.05, 0) is 6.42 Å². The fourth-order valence-corrected chi connectivity index (χ4v) is 2.73. The predicted octanol–water partition coefficient (Wildman–Crippen LogP) is 3.03. The lowest BCUT2D eigenvalue weighted by Crippen LogP contribution is -2.44. The van der Waals surface area contributed by atoms with Crippen molar-refractivity contribution in [2.24, 2.45) is 0 Å². The van der Waals surface area contributed by atoms with Crippen LogP contribution < -0.4 is 0 Å². The van der Waals surface area contributed by atoms with Crippen LogP contribution in [0.1, 0.15) is 66.2 Å². The van der Waals surface area contributed by atoms with Crippen molar-refractivity contribution in [2.45, 2.75) is 84.7 Å². The summed E-state index contributed by atoms with van der Waals surface area (Å²) in [7, 11) is 0. The van der Waals surface area contributed by atoms with Gasteiger partial charge in [-0.1, -0.05) is 39.0 Å². The molecule has 0 saturated carbocycles. The monoisotopic (exact) mass is 400 g/mol. The molecule has 1 heterocycles. The molecule has 0 unspecified atom stereocenters. The van der Waals surface area contributed by atoms with Crippen LogP contribution in [0.25, 0.3) is 0 Å². The van der Waals surface area contributed by atoms with Gasteiger partial charge in [0.05, 0.1) is 6.61 Å². The lowest BCUT2D eigenvalue weighted by molar-refractivity contribution is -0.215. The van der Waals surface area contributed by atoms with E-state index in [0.29, 0.717) is 6.61 Å². The second kappa shape index (κ2) is 13.3. The van der Waals surface area contributed by atoms with Crippen molar-refractivity contribution < 1.29 is 38.1 Å². The molecule has 0 bridgehead atoms. The van der Waals surface area contributed by atoms with E-state index in [9.17, 15) is 14.4 Å². The minimum Gasteiger partial charge on any atom is -0.463 e. The highest BCUT2D eigenvalue weighted by molar-refractivity contribution is 5.68. The van der Waals surface area contributed by atoms with Crippen molar-refractivity contribution in [1.82, 2.24) is 0 Å². The van der Waals surface area contributed by atoms with Crippen LogP contribution in [0.5, 0.6) is 0 Å². The van der Waals surface area contributed by atoms with Gasteiger partial charge in [-0.3, -0.25) is 14.4 Å². The average molecular weight is 400 g/mol. The van der Waals surface area contributed by atoms with Crippen LogP contribution in [0.3, 0.4) is 0 Å². The number of rotatable bonds is 12. The first-order chi connectivity index (χ1) is 13.3. The molecule has 0 aliphatic carbocycles. The zero-order valence-electron chi connectivity index (χ0n) is 17.2. The van der Waals surface area contributed by atoms with Crippen LogP contribution in [0.15, 0.2) is 11.8 Å². The Bertz CT molecular complexity index is 542. The highest BCUT2D eigenvalue weighted by Crippen LogP contribution is 2.25. The first-order valence-corrected chi connectivity index (χ1v) is 9.81. The van der Waals surface area contributed by atoms with E-state index in [1.165, 1.54) is 46.1 Å². The van der Waals surface area contributed by atoms with E-state index in [0.717, 1.165) is 19.3 Å². The summed E-state index contributed by atoms with van der Waals surface area (Å²) in [6.45, 7) is 6.26. The summed E-state index contributed by atoms with van der Waals surface area (Å²) >= 11 is 0. The summed E-state index contributed by atoms with van der Waals surface area (Å²) in [6.07, 6.45) is 5.53. The minimum absolute atomic E-state index is 0.117. The molecule has 0 fully saturated rings. The normalized spacial score (nSPS) is 21.6. The van der Waals surface area contributed by atoms with Crippen LogP contribution in [0.4, 0.5) is 0 Å². The van der Waals surface area contributed by atoms with E-state index in [4.69, 9.17) is 23.7 Å². The first kappa shape index (κ1) is 24.1. The van der Waals surface area contributed by atoms with E-state index in [2.05, 4.69) is 6.92 Å². The van der Waals surface area contributed by atoms with Gasteiger partial charge in [0, 0.05) is 26.8 Å². The Kier molecular flexibility index (Phi) is 11.4. The van der Waals surface area contributed by atoms with Crippen LogP contribution in [0, 0.1) is 0 Å². The molecule has 0 radical (unpaired) electrons. The highest BCUT2D eigenvalue weighted by Gasteiger charge is 2.37. The standard InChI is InChI=1S/C20H32O8/c1-5-6-7-8-9-10-11-24-20-18(27-16(4)23)12-17(26-15(3)22)19(28-20)13-25-14(2)21/h12,17,19-20H,5-11,13H2,1-4H3/t17-,19+,20-/m0/s1. The van der Waals surface area contributed by atoms with Gasteiger partial charge in [0.25, 0.3) is 0 Å². The molecule has 0 saturated heterocycles. The SMILES string of the molecule is CCCCCCCCO[C@H]1O[C@H](COC(C)=O)[C@@H](OC(C)=O)C=C1OC(C)=O. The number of hydrogen-bond acceptors (Lipinski definition) is 8. The maximum Gasteiger partial charge on any atom is 0.307 e. The molecule has 28 heavy (non-hydrogen) atoms. The van der Waals surface area contributed by atoms with Crippen molar-refractivity contribution >= 4 is 17.9 Å². The number of ether oxygens (including phenoxy) is 5. The second-order valence-corrected chi connectivity index (χ2v) is 6.68. The number of unbranched alkanes of at least 4 members (excludes halogenated alkanes) is 5. The maximum absolute atomic E-state index is 11.4. The fourth-order valence-electron chi connectivity index (χ4n) is 2.73. The number of carbonyl (C=O) groups is 3. The summed E-state index contributed by atoms with van der Waals surface area (Å²) in [5.74, 6) is -1.43. The molecule has 0 amide bonds. The Morgan fingerprint density at radius 1 is 0.964 bits per heavy atom. The second-order valence-electron chi connectivity index (χ2n) is 6.68. The summed E-state index contributed by atoms with van der Waals surface area (Å²) in [6, 6.07) is 0. The van der Waals surface area contributed by atoms with Crippen LogP contribution >= 0.6 is 0 Å². The molecule has 0 N–H and O–H groups in total. The van der Waals surface area contributed by atoms with Crippen LogP contribution in [-0.4, -0.2) is 49.6 Å². The van der Waals surface area contributed by atoms with E-state index in [-0.39, 0.29) is 12.4 Å². The Hall–Kier alpha value is -1.93. The topological polar surface area (TPSA) is 97.4 Å². The van der Waals surface area contributed by atoms with Gasteiger partial charge in [-0.15, -0.1) is 0 Å². The first-order valence-electron chi connectivity index (χ1n) is 9.81. The van der Waals surface area contributed by atoms with Crippen molar-refractivity contribution in [3.8, 4) is 0 Å². The Balaban J connectivity index is 2.72. The summed E-state index contributed by atoms with van der Waals surface area (Å²) in [5, 5.41) is 0.